The van der Waals surface area contributed by atoms with Crippen LogP contribution in [0.5, 0.6) is 0 Å². The van der Waals surface area contributed by atoms with Crippen LogP contribution >= 0.6 is 0 Å². The molecule has 1 aliphatic heterocycles. The smallest absolute Gasteiger partial charge is 0.149 e. The minimum atomic E-state index is -1.12. The summed E-state index contributed by atoms with van der Waals surface area (Å²) in [5, 5.41) is 18.4. The van der Waals surface area contributed by atoms with Gasteiger partial charge in [-0.25, -0.2) is 9.07 Å². The second kappa shape index (κ2) is 6.46. The van der Waals surface area contributed by atoms with Gasteiger partial charge in [-0.15, -0.1) is 0 Å². The molecule has 2 aromatic carbocycles. The van der Waals surface area contributed by atoms with Crippen molar-refractivity contribution in [3.63, 3.8) is 0 Å². The molecule has 2 heterocycles. The van der Waals surface area contributed by atoms with E-state index in [0.717, 1.165) is 36.9 Å². The molecular weight excluding hydrogens is 331 g/mol. The summed E-state index contributed by atoms with van der Waals surface area (Å²) in [6.07, 6.45) is 2.77. The first-order valence-corrected chi connectivity index (χ1v) is 8.91. The van der Waals surface area contributed by atoms with Crippen LogP contribution in [-0.4, -0.2) is 28.0 Å². The van der Waals surface area contributed by atoms with Gasteiger partial charge in [0.25, 0.3) is 0 Å². The average Bonchev–Trinajstić information content (AvgIpc) is 3.05. The Bertz CT molecular complexity index is 944. The van der Waals surface area contributed by atoms with Gasteiger partial charge in [0.05, 0.1) is 5.52 Å². The van der Waals surface area contributed by atoms with Gasteiger partial charge in [0, 0.05) is 29.1 Å². The van der Waals surface area contributed by atoms with Gasteiger partial charge < -0.3 is 16.2 Å². The van der Waals surface area contributed by atoms with E-state index in [-0.39, 0.29) is 11.2 Å². The van der Waals surface area contributed by atoms with Gasteiger partial charge in [0.15, 0.2) is 0 Å². The highest BCUT2D eigenvalue weighted by Crippen LogP contribution is 2.32. The number of aliphatic hydroxyl groups excluding tert-OH is 1. The third-order valence-corrected chi connectivity index (χ3v) is 5.37. The number of benzene rings is 2. The number of rotatable bonds is 3. The highest BCUT2D eigenvalue weighted by Gasteiger charge is 2.29. The Kier molecular flexibility index (Phi) is 4.26. The Labute approximate surface area is 151 Å². The summed E-state index contributed by atoms with van der Waals surface area (Å²) >= 11 is 0. The molecule has 0 bridgehead atoms. The van der Waals surface area contributed by atoms with Crippen LogP contribution in [0.2, 0.25) is 0 Å². The van der Waals surface area contributed by atoms with Crippen molar-refractivity contribution in [1.82, 2.24) is 15.1 Å². The van der Waals surface area contributed by atoms with Gasteiger partial charge in [-0.3, -0.25) is 0 Å². The van der Waals surface area contributed by atoms with Crippen LogP contribution in [0.4, 0.5) is 4.39 Å². The maximum Gasteiger partial charge on any atom is 0.149 e. The summed E-state index contributed by atoms with van der Waals surface area (Å²) in [7, 11) is 0. The highest BCUT2D eigenvalue weighted by molar-refractivity contribution is 5.82. The maximum absolute atomic E-state index is 14.9. The Hall–Kier alpha value is -2.28. The lowest BCUT2D eigenvalue weighted by atomic mass is 9.76. The van der Waals surface area contributed by atoms with Crippen molar-refractivity contribution in [3.8, 4) is 5.69 Å². The Morgan fingerprint density at radius 2 is 2.19 bits per heavy atom. The molecule has 3 aromatic rings. The number of hydrogen-bond donors (Lipinski definition) is 3. The van der Waals surface area contributed by atoms with Crippen molar-refractivity contribution in [3.05, 3.63) is 59.5 Å². The Balaban J connectivity index is 1.74. The lowest BCUT2D eigenvalue weighted by molar-refractivity contribution is 0.187. The summed E-state index contributed by atoms with van der Waals surface area (Å²) in [5.41, 5.74) is 8.04. The highest BCUT2D eigenvalue weighted by atomic mass is 19.1. The lowest BCUT2D eigenvalue weighted by Crippen LogP contribution is -2.41. The number of piperidine rings is 1. The number of nitrogens with zero attached hydrogens (tertiary/aromatic N) is 2. The van der Waals surface area contributed by atoms with Crippen molar-refractivity contribution >= 4 is 10.9 Å². The molecule has 0 spiro atoms. The quantitative estimate of drug-likeness (QED) is 0.632. The molecule has 4 rings (SSSR count). The summed E-state index contributed by atoms with van der Waals surface area (Å²) < 4.78 is 16.4. The fraction of sp³-hybridized carbons (Fsp3) is 0.350. The van der Waals surface area contributed by atoms with Crippen molar-refractivity contribution in [2.75, 3.05) is 13.1 Å². The Morgan fingerprint density at radius 1 is 1.35 bits per heavy atom. The molecule has 0 aliphatic carbocycles. The number of nitrogens with two attached hydrogens (primary N) is 1. The lowest BCUT2D eigenvalue weighted by Gasteiger charge is -2.34. The predicted molar refractivity (Wildman–Crippen MR) is 99.6 cm³/mol. The van der Waals surface area contributed by atoms with Gasteiger partial charge in [0.1, 0.15) is 17.7 Å². The van der Waals surface area contributed by atoms with Crippen LogP contribution in [0, 0.1) is 5.82 Å². The van der Waals surface area contributed by atoms with E-state index in [1.165, 1.54) is 4.68 Å². The van der Waals surface area contributed by atoms with Crippen LogP contribution in [0.1, 0.15) is 37.1 Å². The van der Waals surface area contributed by atoms with E-state index in [2.05, 4.69) is 17.3 Å². The van der Waals surface area contributed by atoms with Gasteiger partial charge in [-0.2, -0.15) is 5.10 Å². The van der Waals surface area contributed by atoms with Gasteiger partial charge in [-0.1, -0.05) is 31.2 Å². The van der Waals surface area contributed by atoms with E-state index < -0.39 is 6.23 Å². The van der Waals surface area contributed by atoms with Crippen molar-refractivity contribution in [1.29, 1.82) is 0 Å². The number of halogens is 1. The normalized spacial score (nSPS) is 21.8. The topological polar surface area (TPSA) is 76.1 Å². The zero-order chi connectivity index (χ0) is 18.3. The summed E-state index contributed by atoms with van der Waals surface area (Å²) in [5.74, 6) is -0.308. The van der Waals surface area contributed by atoms with Crippen LogP contribution in [0.3, 0.4) is 0 Å². The first-order valence-electron chi connectivity index (χ1n) is 8.91. The van der Waals surface area contributed by atoms with Crippen LogP contribution in [-0.2, 0) is 5.41 Å². The first-order chi connectivity index (χ1) is 12.5. The largest absolute Gasteiger partial charge is 0.374 e. The monoisotopic (exact) mass is 354 g/mol. The molecule has 26 heavy (non-hydrogen) atoms. The minimum Gasteiger partial charge on any atom is -0.374 e. The second-order valence-corrected chi connectivity index (χ2v) is 7.31. The predicted octanol–water partition coefficient (Wildman–Crippen LogP) is 2.76. The first kappa shape index (κ1) is 17.1. The van der Waals surface area contributed by atoms with Gasteiger partial charge in [-0.05, 0) is 37.1 Å². The second-order valence-electron chi connectivity index (χ2n) is 7.31. The van der Waals surface area contributed by atoms with Crippen LogP contribution in [0.15, 0.2) is 42.6 Å². The third kappa shape index (κ3) is 2.90. The van der Waals surface area contributed by atoms with E-state index in [1.54, 1.807) is 30.5 Å². The average molecular weight is 354 g/mol. The number of aliphatic hydroxyl groups is 1. The third-order valence-electron chi connectivity index (χ3n) is 5.37. The molecule has 5 nitrogen and oxygen atoms in total. The molecule has 1 aliphatic rings. The molecule has 0 amide bonds. The Morgan fingerprint density at radius 3 is 2.88 bits per heavy atom. The number of hydrogen-bond acceptors (Lipinski definition) is 4. The number of aromatic nitrogens is 2. The molecular formula is C20H23FN4O. The van der Waals surface area contributed by atoms with Crippen molar-refractivity contribution in [2.45, 2.75) is 31.4 Å². The molecule has 1 aromatic heterocycles. The van der Waals surface area contributed by atoms with Crippen LogP contribution in [0.25, 0.3) is 16.6 Å². The fourth-order valence-corrected chi connectivity index (χ4v) is 3.80. The molecule has 1 fully saturated rings. The van der Waals surface area contributed by atoms with Gasteiger partial charge >= 0.3 is 0 Å². The van der Waals surface area contributed by atoms with E-state index in [4.69, 9.17) is 5.73 Å². The van der Waals surface area contributed by atoms with E-state index in [0.29, 0.717) is 16.8 Å². The minimum absolute atomic E-state index is 0.0523. The molecule has 0 radical (unpaired) electrons. The van der Waals surface area contributed by atoms with Crippen molar-refractivity contribution in [2.24, 2.45) is 5.73 Å². The molecule has 6 heteroatoms. The summed E-state index contributed by atoms with van der Waals surface area (Å²) in [6, 6.07) is 10.8. The maximum atomic E-state index is 14.9. The fourth-order valence-electron chi connectivity index (χ4n) is 3.80. The number of nitrogens with one attached hydrogen (secondary N) is 1. The molecule has 1 saturated heterocycles. The molecule has 2 atom stereocenters. The zero-order valence-corrected chi connectivity index (χ0v) is 14.7. The molecule has 136 valence electrons. The standard InChI is InChI=1S/C20H23FN4O/c1-20(8-3-9-23-12-20)14-6-7-17(16(21)10-14)25-11-13-4-2-5-15(19(22)26)18(13)24-25/h2,4-7,10-11,19,23,26H,3,8-9,12,22H2,1H3. The molecule has 2 unspecified atom stereocenters. The zero-order valence-electron chi connectivity index (χ0n) is 14.7. The van der Waals surface area contributed by atoms with Crippen LogP contribution < -0.4 is 11.1 Å². The number of fused-ring (bicyclic) bond motifs is 1. The molecule has 0 saturated carbocycles. The molecule has 4 N–H and O–H groups in total. The van der Waals surface area contributed by atoms with E-state index >= 15 is 0 Å². The van der Waals surface area contributed by atoms with Gasteiger partial charge in [0.2, 0.25) is 0 Å². The summed E-state index contributed by atoms with van der Waals surface area (Å²) in [4.78, 5) is 0. The SMILES string of the molecule is CC1(c2ccc(-n3cc4cccc(C(N)O)c4n3)c(F)c2)CCCNC1. The summed E-state index contributed by atoms with van der Waals surface area (Å²) in [6.45, 7) is 4.05. The van der Waals surface area contributed by atoms with E-state index in [1.807, 2.05) is 12.1 Å². The van der Waals surface area contributed by atoms with E-state index in [9.17, 15) is 9.50 Å². The van der Waals surface area contributed by atoms with Crippen molar-refractivity contribution < 1.29 is 9.50 Å².